The zero-order valence-corrected chi connectivity index (χ0v) is 16.8. The molecule has 3 aromatic rings. The highest BCUT2D eigenvalue weighted by Gasteiger charge is 2.11. The van der Waals surface area contributed by atoms with Crippen LogP contribution in [0.1, 0.15) is 33.2 Å². The van der Waals surface area contributed by atoms with Gasteiger partial charge in [0.2, 0.25) is 0 Å². The fourth-order valence-electron chi connectivity index (χ4n) is 2.43. The molecule has 0 fully saturated rings. The molecule has 0 radical (unpaired) electrons. The van der Waals surface area contributed by atoms with Crippen LogP contribution in [0.15, 0.2) is 72.1 Å². The molecule has 1 aromatic heterocycles. The summed E-state index contributed by atoms with van der Waals surface area (Å²) in [5, 5.41) is 7.61. The number of carbonyl (C=O) groups is 2. The molecule has 2 N–H and O–H groups in total. The maximum absolute atomic E-state index is 12.4. The van der Waals surface area contributed by atoms with Crippen molar-refractivity contribution in [2.75, 3.05) is 5.32 Å². The van der Waals surface area contributed by atoms with E-state index in [1.54, 1.807) is 61.7 Å². The summed E-state index contributed by atoms with van der Waals surface area (Å²) in [5.41, 5.74) is 5.24. The number of benzene rings is 2. The molecule has 0 atom stereocenters. The molecule has 29 heavy (non-hydrogen) atoms. The molecule has 0 bridgehead atoms. The van der Waals surface area contributed by atoms with E-state index in [2.05, 4.69) is 20.8 Å². The van der Waals surface area contributed by atoms with Crippen LogP contribution in [0.25, 0.3) is 0 Å². The zero-order chi connectivity index (χ0) is 20.8. The number of anilines is 1. The van der Waals surface area contributed by atoms with Crippen LogP contribution in [0.3, 0.4) is 0 Å². The number of pyridine rings is 1. The van der Waals surface area contributed by atoms with Crippen LogP contribution in [-0.2, 0) is 0 Å². The number of hydrogen-bond acceptors (Lipinski definition) is 4. The maximum Gasteiger partial charge on any atom is 0.272 e. The highest BCUT2D eigenvalue weighted by Crippen LogP contribution is 2.22. The molecule has 2 aromatic carbocycles. The van der Waals surface area contributed by atoms with E-state index in [9.17, 15) is 9.59 Å². The molecule has 2 amide bonds. The molecule has 8 heteroatoms. The topological polar surface area (TPSA) is 83.4 Å². The third-order valence-corrected chi connectivity index (χ3v) is 4.53. The molecule has 0 aliphatic rings. The molecule has 3 rings (SSSR count). The van der Waals surface area contributed by atoms with E-state index < -0.39 is 0 Å². The molecule has 0 spiro atoms. The van der Waals surface area contributed by atoms with Gasteiger partial charge in [-0.2, -0.15) is 5.10 Å². The molecule has 0 saturated carbocycles. The summed E-state index contributed by atoms with van der Waals surface area (Å²) in [6, 6.07) is 15.1. The highest BCUT2D eigenvalue weighted by molar-refractivity contribution is 6.37. The second-order valence-electron chi connectivity index (χ2n) is 6.04. The average molecular weight is 427 g/mol. The second kappa shape index (κ2) is 9.32. The number of hydrogen-bond donors (Lipinski definition) is 2. The van der Waals surface area contributed by atoms with Gasteiger partial charge >= 0.3 is 0 Å². The van der Waals surface area contributed by atoms with E-state index in [-0.39, 0.29) is 16.8 Å². The van der Waals surface area contributed by atoms with E-state index in [4.69, 9.17) is 23.2 Å². The van der Waals surface area contributed by atoms with Gasteiger partial charge in [0.15, 0.2) is 0 Å². The summed E-state index contributed by atoms with van der Waals surface area (Å²) in [6.45, 7) is 1.77. The zero-order valence-electron chi connectivity index (χ0n) is 15.3. The lowest BCUT2D eigenvalue weighted by atomic mass is 10.1. The van der Waals surface area contributed by atoms with Crippen LogP contribution in [0.2, 0.25) is 10.0 Å². The van der Waals surface area contributed by atoms with Gasteiger partial charge in [0, 0.05) is 23.1 Å². The van der Waals surface area contributed by atoms with Crippen molar-refractivity contribution in [3.63, 3.8) is 0 Å². The highest BCUT2D eigenvalue weighted by atomic mass is 35.5. The first-order valence-electron chi connectivity index (χ1n) is 8.55. The minimum Gasteiger partial charge on any atom is -0.322 e. The lowest BCUT2D eigenvalue weighted by molar-refractivity contribution is 0.0953. The Bertz CT molecular complexity index is 1070. The SMILES string of the molecule is CC(=NNC(=O)c1cccnc1)c1ccc(NC(=O)c2ccc(Cl)cc2Cl)cc1. The van der Waals surface area contributed by atoms with E-state index in [1.807, 2.05) is 0 Å². The molecular formula is C21H16Cl2N4O2. The Kier molecular flexibility index (Phi) is 6.59. The number of hydrazone groups is 1. The number of carbonyl (C=O) groups excluding carboxylic acids is 2. The average Bonchev–Trinajstić information content (AvgIpc) is 2.72. The van der Waals surface area contributed by atoms with E-state index in [0.29, 0.717) is 27.5 Å². The Balaban J connectivity index is 1.64. The number of aromatic nitrogens is 1. The first kappa shape index (κ1) is 20.5. The van der Waals surface area contributed by atoms with Crippen molar-refractivity contribution in [1.82, 2.24) is 10.4 Å². The van der Waals surface area contributed by atoms with E-state index in [1.165, 1.54) is 12.3 Å². The molecule has 0 aliphatic carbocycles. The fourth-order valence-corrected chi connectivity index (χ4v) is 2.92. The fraction of sp³-hybridized carbons (Fsp3) is 0.0476. The van der Waals surface area contributed by atoms with Crippen LogP contribution in [0, 0.1) is 0 Å². The van der Waals surface area contributed by atoms with Crippen LogP contribution < -0.4 is 10.7 Å². The molecule has 0 aliphatic heterocycles. The Labute approximate surface area is 177 Å². The number of rotatable bonds is 5. The van der Waals surface area contributed by atoms with E-state index in [0.717, 1.165) is 5.56 Å². The lowest BCUT2D eigenvalue weighted by Gasteiger charge is -2.08. The summed E-state index contributed by atoms with van der Waals surface area (Å²) in [4.78, 5) is 28.3. The van der Waals surface area contributed by atoms with Gasteiger partial charge in [0.25, 0.3) is 11.8 Å². The number of nitrogens with zero attached hydrogens (tertiary/aromatic N) is 2. The van der Waals surface area contributed by atoms with Gasteiger partial charge in [-0.15, -0.1) is 0 Å². The van der Waals surface area contributed by atoms with Crippen LogP contribution >= 0.6 is 23.2 Å². The summed E-state index contributed by atoms with van der Waals surface area (Å²) in [7, 11) is 0. The van der Waals surface area contributed by atoms with Gasteiger partial charge < -0.3 is 5.32 Å². The predicted molar refractivity (Wildman–Crippen MR) is 115 cm³/mol. The van der Waals surface area contributed by atoms with Gasteiger partial charge in [-0.05, 0) is 55.0 Å². The Morgan fingerprint density at radius 1 is 0.966 bits per heavy atom. The smallest absolute Gasteiger partial charge is 0.272 e. The third-order valence-electron chi connectivity index (χ3n) is 3.99. The van der Waals surface area contributed by atoms with Crippen molar-refractivity contribution in [3.8, 4) is 0 Å². The predicted octanol–water partition coefficient (Wildman–Crippen LogP) is 4.79. The van der Waals surface area contributed by atoms with E-state index >= 15 is 0 Å². The van der Waals surface area contributed by atoms with Crippen molar-refractivity contribution < 1.29 is 9.59 Å². The second-order valence-corrected chi connectivity index (χ2v) is 6.88. The van der Waals surface area contributed by atoms with Crippen molar-refractivity contribution in [3.05, 3.63) is 93.7 Å². The summed E-state index contributed by atoms with van der Waals surface area (Å²) >= 11 is 11.9. The Hall–Kier alpha value is -3.22. The Morgan fingerprint density at radius 3 is 2.38 bits per heavy atom. The molecule has 6 nitrogen and oxygen atoms in total. The first-order valence-corrected chi connectivity index (χ1v) is 9.31. The Morgan fingerprint density at radius 2 is 1.72 bits per heavy atom. The van der Waals surface area contributed by atoms with Gasteiger partial charge in [-0.1, -0.05) is 35.3 Å². The monoisotopic (exact) mass is 426 g/mol. The van der Waals surface area contributed by atoms with Crippen molar-refractivity contribution in [2.45, 2.75) is 6.92 Å². The molecule has 1 heterocycles. The molecule has 146 valence electrons. The molecule has 0 unspecified atom stereocenters. The van der Waals surface area contributed by atoms with Gasteiger partial charge in [-0.25, -0.2) is 5.43 Å². The quantitative estimate of drug-likeness (QED) is 0.454. The van der Waals surface area contributed by atoms with Crippen LogP contribution in [0.5, 0.6) is 0 Å². The standard InChI is InChI=1S/C21H16Cl2N4O2/c1-13(26-27-20(28)15-3-2-10-24-12-15)14-4-7-17(8-5-14)25-21(29)18-9-6-16(22)11-19(18)23/h2-12H,1H3,(H,25,29)(H,27,28). The molecule has 0 saturated heterocycles. The summed E-state index contributed by atoms with van der Waals surface area (Å²) < 4.78 is 0. The first-order chi connectivity index (χ1) is 13.9. The number of nitrogens with one attached hydrogen (secondary N) is 2. The van der Waals surface area contributed by atoms with Gasteiger partial charge in [-0.3, -0.25) is 14.6 Å². The minimum atomic E-state index is -0.346. The van der Waals surface area contributed by atoms with Gasteiger partial charge in [0.1, 0.15) is 0 Å². The van der Waals surface area contributed by atoms with Gasteiger partial charge in [0.05, 0.1) is 21.9 Å². The van der Waals surface area contributed by atoms with Crippen LogP contribution in [0.4, 0.5) is 5.69 Å². The van der Waals surface area contributed by atoms with Crippen molar-refractivity contribution in [2.24, 2.45) is 5.10 Å². The minimum absolute atomic E-state index is 0.277. The largest absolute Gasteiger partial charge is 0.322 e. The van der Waals surface area contributed by atoms with Crippen molar-refractivity contribution >= 4 is 46.4 Å². The number of halogens is 2. The normalized spacial score (nSPS) is 11.1. The summed E-state index contributed by atoms with van der Waals surface area (Å²) in [5.74, 6) is -0.685. The van der Waals surface area contributed by atoms with Crippen molar-refractivity contribution in [1.29, 1.82) is 0 Å². The maximum atomic E-state index is 12.4. The molecular weight excluding hydrogens is 411 g/mol. The number of amides is 2. The van der Waals surface area contributed by atoms with Crippen LogP contribution in [-0.4, -0.2) is 22.5 Å². The third kappa shape index (κ3) is 5.40. The summed E-state index contributed by atoms with van der Waals surface area (Å²) in [6.07, 6.45) is 3.05. The lowest BCUT2D eigenvalue weighted by Crippen LogP contribution is -2.19.